The van der Waals surface area contributed by atoms with E-state index in [0.717, 1.165) is 0 Å². The van der Waals surface area contributed by atoms with E-state index in [-0.39, 0.29) is 5.88 Å². The summed E-state index contributed by atoms with van der Waals surface area (Å²) in [6.45, 7) is 0. The Labute approximate surface area is 74.5 Å². The average molecular weight is 188 g/mol. The number of nitrogens with zero attached hydrogens (tertiary/aromatic N) is 1. The number of hydrogen-bond acceptors (Lipinski definition) is 3. The third-order valence-corrected chi connectivity index (χ3v) is 1.62. The molecule has 1 rings (SSSR count). The van der Waals surface area contributed by atoms with Crippen molar-refractivity contribution in [1.29, 1.82) is 0 Å². The van der Waals surface area contributed by atoms with Crippen LogP contribution in [0.5, 0.6) is 5.88 Å². The molecule has 2 N–H and O–H groups in total. The smallest absolute Gasteiger partial charge is 0.257 e. The Balaban J connectivity index is 2.88. The summed E-state index contributed by atoms with van der Waals surface area (Å²) < 4.78 is 29.1. The molecular weight excluding hydrogens is 178 g/mol. The molecule has 0 amide bonds. The highest BCUT2D eigenvalue weighted by atomic mass is 19.3. The second-order valence-corrected chi connectivity index (χ2v) is 2.49. The molecule has 0 aliphatic rings. The van der Waals surface area contributed by atoms with Crippen LogP contribution in [0.4, 0.5) is 8.78 Å². The van der Waals surface area contributed by atoms with Crippen LogP contribution in [-0.4, -0.2) is 18.5 Å². The van der Waals surface area contributed by atoms with Gasteiger partial charge >= 0.3 is 0 Å². The molecule has 1 heterocycles. The molecular formula is C8H10F2N2O. The predicted molar refractivity (Wildman–Crippen MR) is 43.7 cm³/mol. The van der Waals surface area contributed by atoms with Gasteiger partial charge in [0.2, 0.25) is 5.88 Å². The summed E-state index contributed by atoms with van der Waals surface area (Å²) in [5.41, 5.74) is 5.55. The van der Waals surface area contributed by atoms with Crippen molar-refractivity contribution in [2.45, 2.75) is 12.5 Å². The Hall–Kier alpha value is -1.23. The molecule has 0 fully saturated rings. The van der Waals surface area contributed by atoms with Crippen molar-refractivity contribution in [2.24, 2.45) is 5.73 Å². The van der Waals surface area contributed by atoms with Gasteiger partial charge in [0.1, 0.15) is 0 Å². The second kappa shape index (κ2) is 4.13. The zero-order valence-electron chi connectivity index (χ0n) is 7.08. The van der Waals surface area contributed by atoms with Gasteiger partial charge in [0.05, 0.1) is 13.2 Å². The molecule has 13 heavy (non-hydrogen) atoms. The first-order valence-electron chi connectivity index (χ1n) is 3.69. The maximum atomic E-state index is 12.2. The summed E-state index contributed by atoms with van der Waals surface area (Å²) in [5.74, 6) is 0.286. The lowest BCUT2D eigenvalue weighted by Gasteiger charge is -2.10. The van der Waals surface area contributed by atoms with Crippen LogP contribution in [0, 0.1) is 0 Å². The highest BCUT2D eigenvalue weighted by Gasteiger charge is 2.17. The summed E-state index contributed by atoms with van der Waals surface area (Å²) in [5, 5.41) is 0. The first-order valence-corrected chi connectivity index (χ1v) is 3.69. The van der Waals surface area contributed by atoms with Gasteiger partial charge in [-0.3, -0.25) is 0 Å². The molecule has 5 heteroatoms. The fourth-order valence-electron chi connectivity index (χ4n) is 0.889. The Morgan fingerprint density at radius 1 is 1.54 bits per heavy atom. The molecule has 1 atom stereocenters. The van der Waals surface area contributed by atoms with Crippen molar-refractivity contribution in [3.05, 3.63) is 23.9 Å². The molecule has 0 saturated carbocycles. The Kier molecular flexibility index (Phi) is 3.13. The van der Waals surface area contributed by atoms with Gasteiger partial charge in [-0.05, 0) is 11.6 Å². The average Bonchev–Trinajstić information content (AvgIpc) is 2.16. The van der Waals surface area contributed by atoms with E-state index in [1.807, 2.05) is 0 Å². The molecule has 0 bridgehead atoms. The lowest BCUT2D eigenvalue weighted by atomic mass is 10.1. The fourth-order valence-corrected chi connectivity index (χ4v) is 0.889. The van der Waals surface area contributed by atoms with Crippen molar-refractivity contribution >= 4 is 0 Å². The van der Waals surface area contributed by atoms with Gasteiger partial charge in [-0.2, -0.15) is 0 Å². The van der Waals surface area contributed by atoms with Crippen LogP contribution in [0.3, 0.4) is 0 Å². The number of aromatic nitrogens is 1. The van der Waals surface area contributed by atoms with E-state index < -0.39 is 12.5 Å². The first-order chi connectivity index (χ1) is 6.15. The minimum Gasteiger partial charge on any atom is -0.481 e. The third-order valence-electron chi connectivity index (χ3n) is 1.62. The summed E-state index contributed by atoms with van der Waals surface area (Å²) >= 11 is 0. The van der Waals surface area contributed by atoms with Crippen LogP contribution in [0.15, 0.2) is 18.3 Å². The van der Waals surface area contributed by atoms with Crippen molar-refractivity contribution in [3.8, 4) is 5.88 Å². The van der Waals surface area contributed by atoms with Crippen LogP contribution < -0.4 is 10.5 Å². The fraction of sp³-hybridized carbons (Fsp3) is 0.375. The number of pyridine rings is 1. The number of nitrogens with two attached hydrogens (primary N) is 1. The number of methoxy groups -OCH3 is 1. The lowest BCUT2D eigenvalue weighted by molar-refractivity contribution is 0.116. The van der Waals surface area contributed by atoms with Gasteiger partial charge < -0.3 is 10.5 Å². The minimum atomic E-state index is -2.58. The Morgan fingerprint density at radius 2 is 2.23 bits per heavy atom. The second-order valence-electron chi connectivity index (χ2n) is 2.49. The molecule has 1 unspecified atom stereocenters. The monoisotopic (exact) mass is 188 g/mol. The summed E-state index contributed by atoms with van der Waals surface area (Å²) in [6, 6.07) is 1.56. The Morgan fingerprint density at radius 3 is 2.77 bits per heavy atom. The number of ether oxygens (including phenoxy) is 1. The van der Waals surface area contributed by atoms with Gasteiger partial charge in [-0.25, -0.2) is 13.8 Å². The predicted octanol–water partition coefficient (Wildman–Crippen LogP) is 1.36. The molecule has 0 radical (unpaired) electrons. The van der Waals surface area contributed by atoms with E-state index >= 15 is 0 Å². The van der Waals surface area contributed by atoms with Gasteiger partial charge in [0.15, 0.2) is 0 Å². The van der Waals surface area contributed by atoms with Gasteiger partial charge in [-0.1, -0.05) is 0 Å². The van der Waals surface area contributed by atoms with Crippen molar-refractivity contribution < 1.29 is 13.5 Å². The largest absolute Gasteiger partial charge is 0.481 e. The van der Waals surface area contributed by atoms with Gasteiger partial charge in [0, 0.05) is 12.3 Å². The molecule has 72 valence electrons. The highest BCUT2D eigenvalue weighted by molar-refractivity contribution is 5.23. The molecule has 0 aliphatic carbocycles. The summed E-state index contributed by atoms with van der Waals surface area (Å²) in [4.78, 5) is 3.78. The van der Waals surface area contributed by atoms with Crippen molar-refractivity contribution in [2.75, 3.05) is 7.11 Å². The van der Waals surface area contributed by atoms with E-state index in [1.54, 1.807) is 0 Å². The minimum absolute atomic E-state index is 0.286. The highest BCUT2D eigenvalue weighted by Crippen LogP contribution is 2.19. The zero-order valence-corrected chi connectivity index (χ0v) is 7.08. The van der Waals surface area contributed by atoms with Gasteiger partial charge in [-0.15, -0.1) is 0 Å². The lowest BCUT2D eigenvalue weighted by Crippen LogP contribution is -2.18. The van der Waals surface area contributed by atoms with E-state index in [4.69, 9.17) is 10.5 Å². The third kappa shape index (κ3) is 2.35. The van der Waals surface area contributed by atoms with Crippen LogP contribution in [0.25, 0.3) is 0 Å². The van der Waals surface area contributed by atoms with Crippen LogP contribution in [0.2, 0.25) is 0 Å². The quantitative estimate of drug-likeness (QED) is 0.778. The SMILES string of the molecule is COc1cc(C(N)C(F)F)ccn1. The molecule has 0 aromatic carbocycles. The van der Waals surface area contributed by atoms with Crippen LogP contribution >= 0.6 is 0 Å². The maximum absolute atomic E-state index is 12.2. The maximum Gasteiger partial charge on any atom is 0.257 e. The molecule has 0 aliphatic heterocycles. The standard InChI is InChI=1S/C8H10F2N2O/c1-13-6-4-5(2-3-12-6)7(11)8(9)10/h2-4,7-8H,11H2,1H3. The molecule has 0 saturated heterocycles. The normalized spacial score (nSPS) is 13.0. The summed E-state index contributed by atoms with van der Waals surface area (Å²) in [6.07, 6.45) is -1.19. The van der Waals surface area contributed by atoms with E-state index in [0.29, 0.717) is 5.56 Å². The van der Waals surface area contributed by atoms with E-state index in [2.05, 4.69) is 4.98 Å². The molecule has 3 nitrogen and oxygen atoms in total. The Bertz CT molecular complexity index is 281. The number of halogens is 2. The van der Waals surface area contributed by atoms with Crippen LogP contribution in [-0.2, 0) is 0 Å². The number of rotatable bonds is 3. The molecule has 1 aromatic heterocycles. The zero-order chi connectivity index (χ0) is 9.84. The van der Waals surface area contributed by atoms with Crippen LogP contribution in [0.1, 0.15) is 11.6 Å². The topological polar surface area (TPSA) is 48.1 Å². The van der Waals surface area contributed by atoms with Gasteiger partial charge in [0.25, 0.3) is 6.43 Å². The van der Waals surface area contributed by atoms with E-state index in [9.17, 15) is 8.78 Å². The van der Waals surface area contributed by atoms with Crippen molar-refractivity contribution in [3.63, 3.8) is 0 Å². The summed E-state index contributed by atoms with van der Waals surface area (Å²) in [7, 11) is 1.42. The molecule has 0 spiro atoms. The molecule has 1 aromatic rings. The van der Waals surface area contributed by atoms with E-state index in [1.165, 1.54) is 25.4 Å². The first kappa shape index (κ1) is 9.85. The van der Waals surface area contributed by atoms with Crippen molar-refractivity contribution in [1.82, 2.24) is 4.98 Å². The number of hydrogen-bond donors (Lipinski definition) is 1. The number of alkyl halides is 2.